The Bertz CT molecular complexity index is 589. The summed E-state index contributed by atoms with van der Waals surface area (Å²) in [4.78, 5) is 0.214. The summed E-state index contributed by atoms with van der Waals surface area (Å²) in [6.45, 7) is 3.37. The first-order valence-electron chi connectivity index (χ1n) is 7.50. The Morgan fingerprint density at radius 2 is 2.10 bits per heavy atom. The molecule has 6 heteroatoms. The molecule has 2 rings (SSSR count). The summed E-state index contributed by atoms with van der Waals surface area (Å²) in [6.07, 6.45) is 5.34. The maximum atomic E-state index is 12.8. The smallest absolute Gasteiger partial charge is 0.245 e. The van der Waals surface area contributed by atoms with Crippen molar-refractivity contribution in [2.45, 2.75) is 43.9 Å². The minimum absolute atomic E-state index is 0.214. The second kappa shape index (κ2) is 7.11. The van der Waals surface area contributed by atoms with Crippen molar-refractivity contribution in [2.75, 3.05) is 18.8 Å². The van der Waals surface area contributed by atoms with Gasteiger partial charge in [-0.05, 0) is 43.4 Å². The predicted molar refractivity (Wildman–Crippen MR) is 89.6 cm³/mol. The number of halogens is 1. The van der Waals surface area contributed by atoms with E-state index in [0.29, 0.717) is 24.7 Å². The molecule has 1 aliphatic heterocycles. The Balaban J connectivity index is 2.21. The van der Waals surface area contributed by atoms with E-state index < -0.39 is 10.0 Å². The third-order valence-corrected chi connectivity index (χ3v) is 6.54. The van der Waals surface area contributed by atoms with E-state index in [1.807, 2.05) is 0 Å². The number of nitrogens with zero attached hydrogens (tertiary/aromatic N) is 1. The molecule has 0 aliphatic carbocycles. The van der Waals surface area contributed by atoms with Gasteiger partial charge in [-0.2, -0.15) is 4.31 Å². The first-order valence-corrected chi connectivity index (χ1v) is 9.73. The van der Waals surface area contributed by atoms with Crippen LogP contribution in [0.25, 0.3) is 0 Å². The third kappa shape index (κ3) is 3.99. The molecule has 1 heterocycles. The Kier molecular flexibility index (Phi) is 5.68. The number of hydrogen-bond donors (Lipinski definition) is 1. The zero-order valence-corrected chi connectivity index (χ0v) is 14.8. The molecule has 1 aromatic carbocycles. The molecular formula is C15H23BrN2O2S. The van der Waals surface area contributed by atoms with Crippen LogP contribution in [0.3, 0.4) is 0 Å². The monoisotopic (exact) mass is 374 g/mol. The molecule has 4 nitrogen and oxygen atoms in total. The van der Waals surface area contributed by atoms with Gasteiger partial charge in [0, 0.05) is 17.6 Å². The highest BCUT2D eigenvalue weighted by Crippen LogP contribution is 2.29. The molecule has 0 radical (unpaired) electrons. The van der Waals surface area contributed by atoms with Crippen LogP contribution in [0.15, 0.2) is 27.6 Å². The standard InChI is InChI=1S/C15H23BrN2O2S/c1-2-4-12-5-3-9-18(10-8-12)21(19,20)15-11-13(16)6-7-14(15)17/h6-7,11-12H,2-5,8-10,17H2,1H3. The molecule has 1 aromatic rings. The molecule has 118 valence electrons. The fourth-order valence-electron chi connectivity index (χ4n) is 2.95. The highest BCUT2D eigenvalue weighted by molar-refractivity contribution is 9.10. The Labute approximate surface area is 135 Å². The van der Waals surface area contributed by atoms with Crippen molar-refractivity contribution >= 4 is 31.6 Å². The van der Waals surface area contributed by atoms with Crippen molar-refractivity contribution in [1.29, 1.82) is 0 Å². The summed E-state index contributed by atoms with van der Waals surface area (Å²) in [6, 6.07) is 4.99. The van der Waals surface area contributed by atoms with Gasteiger partial charge in [0.05, 0.1) is 5.69 Å². The molecule has 1 atom stereocenters. The lowest BCUT2D eigenvalue weighted by Crippen LogP contribution is -2.32. The quantitative estimate of drug-likeness (QED) is 0.818. The minimum Gasteiger partial charge on any atom is -0.398 e. The SMILES string of the molecule is CCCC1CCCN(S(=O)(=O)c2cc(Br)ccc2N)CC1. The van der Waals surface area contributed by atoms with Crippen molar-refractivity contribution in [1.82, 2.24) is 4.31 Å². The van der Waals surface area contributed by atoms with E-state index in [1.165, 1.54) is 6.42 Å². The molecule has 0 saturated carbocycles. The zero-order chi connectivity index (χ0) is 15.5. The first-order chi connectivity index (χ1) is 9.95. The van der Waals surface area contributed by atoms with Gasteiger partial charge in [-0.15, -0.1) is 0 Å². The van der Waals surface area contributed by atoms with E-state index in [-0.39, 0.29) is 4.90 Å². The van der Waals surface area contributed by atoms with Gasteiger partial charge in [0.25, 0.3) is 0 Å². The van der Waals surface area contributed by atoms with Crippen molar-refractivity contribution < 1.29 is 8.42 Å². The van der Waals surface area contributed by atoms with Crippen LogP contribution in [-0.4, -0.2) is 25.8 Å². The van der Waals surface area contributed by atoms with Crippen LogP contribution >= 0.6 is 15.9 Å². The van der Waals surface area contributed by atoms with Gasteiger partial charge in [-0.3, -0.25) is 0 Å². The molecule has 1 saturated heterocycles. The molecule has 0 aromatic heterocycles. The Morgan fingerprint density at radius 1 is 1.33 bits per heavy atom. The Hall–Kier alpha value is -0.590. The highest BCUT2D eigenvalue weighted by Gasteiger charge is 2.29. The molecule has 1 unspecified atom stereocenters. The van der Waals surface area contributed by atoms with E-state index in [4.69, 9.17) is 5.73 Å². The molecule has 0 spiro atoms. The second-order valence-electron chi connectivity index (χ2n) is 5.67. The first kappa shape index (κ1) is 16.8. The number of anilines is 1. The van der Waals surface area contributed by atoms with E-state index in [1.54, 1.807) is 22.5 Å². The summed E-state index contributed by atoms with van der Waals surface area (Å²) < 4.78 is 27.9. The number of sulfonamides is 1. The molecule has 21 heavy (non-hydrogen) atoms. The number of rotatable bonds is 4. The van der Waals surface area contributed by atoms with Gasteiger partial charge >= 0.3 is 0 Å². The molecular weight excluding hydrogens is 352 g/mol. The van der Waals surface area contributed by atoms with Crippen molar-refractivity contribution in [3.8, 4) is 0 Å². The Morgan fingerprint density at radius 3 is 2.81 bits per heavy atom. The van der Waals surface area contributed by atoms with Gasteiger partial charge in [0.15, 0.2) is 0 Å². The predicted octanol–water partition coefficient (Wildman–Crippen LogP) is 3.62. The summed E-state index contributed by atoms with van der Waals surface area (Å²) >= 11 is 3.32. The number of benzene rings is 1. The fraction of sp³-hybridized carbons (Fsp3) is 0.600. The van der Waals surface area contributed by atoms with Crippen molar-refractivity contribution in [2.24, 2.45) is 5.92 Å². The summed E-state index contributed by atoms with van der Waals surface area (Å²) in [5.74, 6) is 0.648. The van der Waals surface area contributed by atoms with Gasteiger partial charge in [-0.1, -0.05) is 35.7 Å². The van der Waals surface area contributed by atoms with Gasteiger partial charge in [0.1, 0.15) is 4.90 Å². The number of nitrogens with two attached hydrogens (primary N) is 1. The largest absolute Gasteiger partial charge is 0.398 e. The molecule has 1 aliphatic rings. The average Bonchev–Trinajstić information content (AvgIpc) is 2.68. The molecule has 2 N–H and O–H groups in total. The van der Waals surface area contributed by atoms with Gasteiger partial charge in [-0.25, -0.2) is 8.42 Å². The summed E-state index contributed by atoms with van der Waals surface area (Å²) in [5, 5.41) is 0. The van der Waals surface area contributed by atoms with Crippen LogP contribution < -0.4 is 5.73 Å². The maximum Gasteiger partial charge on any atom is 0.245 e. The number of hydrogen-bond acceptors (Lipinski definition) is 3. The minimum atomic E-state index is -3.50. The topological polar surface area (TPSA) is 63.4 Å². The van der Waals surface area contributed by atoms with Crippen LogP contribution in [0.1, 0.15) is 39.0 Å². The second-order valence-corrected chi connectivity index (χ2v) is 8.49. The van der Waals surface area contributed by atoms with Gasteiger partial charge < -0.3 is 5.73 Å². The van der Waals surface area contributed by atoms with Crippen LogP contribution in [0.2, 0.25) is 0 Å². The third-order valence-electron chi connectivity index (χ3n) is 4.10. The zero-order valence-electron chi connectivity index (χ0n) is 12.4. The van der Waals surface area contributed by atoms with Gasteiger partial charge in [0.2, 0.25) is 10.0 Å². The van der Waals surface area contributed by atoms with Crippen molar-refractivity contribution in [3.63, 3.8) is 0 Å². The lowest BCUT2D eigenvalue weighted by molar-refractivity contribution is 0.400. The van der Waals surface area contributed by atoms with Crippen LogP contribution in [0, 0.1) is 5.92 Å². The van der Waals surface area contributed by atoms with E-state index in [0.717, 1.165) is 30.2 Å². The average molecular weight is 375 g/mol. The maximum absolute atomic E-state index is 12.8. The lowest BCUT2D eigenvalue weighted by Gasteiger charge is -2.21. The fourth-order valence-corrected chi connectivity index (χ4v) is 5.09. The normalized spacial score (nSPS) is 21.1. The lowest BCUT2D eigenvalue weighted by atomic mass is 9.96. The number of nitrogen functional groups attached to an aromatic ring is 1. The molecule has 1 fully saturated rings. The van der Waals surface area contributed by atoms with Crippen LogP contribution in [0.4, 0.5) is 5.69 Å². The molecule has 0 bridgehead atoms. The van der Waals surface area contributed by atoms with E-state index >= 15 is 0 Å². The summed E-state index contributed by atoms with van der Waals surface area (Å²) in [5.41, 5.74) is 6.18. The van der Waals surface area contributed by atoms with Crippen molar-refractivity contribution in [3.05, 3.63) is 22.7 Å². The highest BCUT2D eigenvalue weighted by atomic mass is 79.9. The van der Waals surface area contributed by atoms with E-state index in [9.17, 15) is 8.42 Å². The van der Waals surface area contributed by atoms with Crippen LogP contribution in [0.5, 0.6) is 0 Å². The van der Waals surface area contributed by atoms with E-state index in [2.05, 4.69) is 22.9 Å². The molecule has 0 amide bonds. The summed E-state index contributed by atoms with van der Waals surface area (Å²) in [7, 11) is -3.50. The van der Waals surface area contributed by atoms with Crippen LogP contribution in [-0.2, 0) is 10.0 Å².